The van der Waals surface area contributed by atoms with E-state index in [9.17, 15) is 0 Å². The lowest BCUT2D eigenvalue weighted by molar-refractivity contribution is 0.459. The highest BCUT2D eigenvalue weighted by atomic mass is 79.9. The molecule has 2 rings (SSSR count). The van der Waals surface area contributed by atoms with E-state index in [0.717, 1.165) is 21.3 Å². The summed E-state index contributed by atoms with van der Waals surface area (Å²) < 4.78 is 6.73. The first kappa shape index (κ1) is 11.1. The number of aromatic nitrogens is 1. The molecule has 0 unspecified atom stereocenters. The molecule has 16 heavy (non-hydrogen) atoms. The number of hydrogen-bond donors (Lipinski definition) is 0. The van der Waals surface area contributed by atoms with E-state index in [1.54, 1.807) is 6.20 Å². The summed E-state index contributed by atoms with van der Waals surface area (Å²) in [5, 5.41) is 0. The molecule has 0 amide bonds. The molecule has 3 heteroatoms. The van der Waals surface area contributed by atoms with Gasteiger partial charge in [-0.2, -0.15) is 0 Å². The van der Waals surface area contributed by atoms with Crippen LogP contribution >= 0.6 is 15.9 Å². The fourth-order valence-electron chi connectivity index (χ4n) is 1.36. The summed E-state index contributed by atoms with van der Waals surface area (Å²) >= 11 is 3.42. The molecule has 0 atom stereocenters. The molecule has 82 valence electrons. The van der Waals surface area contributed by atoms with Gasteiger partial charge >= 0.3 is 0 Å². The van der Waals surface area contributed by atoms with Gasteiger partial charge in [0.1, 0.15) is 5.75 Å². The smallest absolute Gasteiger partial charge is 0.219 e. The first-order valence-electron chi connectivity index (χ1n) is 5.02. The number of pyridine rings is 1. The van der Waals surface area contributed by atoms with Crippen molar-refractivity contribution in [2.75, 3.05) is 0 Å². The lowest BCUT2D eigenvalue weighted by Gasteiger charge is -2.08. The second-order valence-corrected chi connectivity index (χ2v) is 4.60. The molecule has 0 saturated carbocycles. The first-order chi connectivity index (χ1) is 7.65. The molecular weight excluding hydrogens is 266 g/mol. The average Bonchev–Trinajstić information content (AvgIpc) is 2.24. The quantitative estimate of drug-likeness (QED) is 0.819. The molecule has 0 aliphatic heterocycles. The summed E-state index contributed by atoms with van der Waals surface area (Å²) in [6, 6.07) is 9.81. The van der Waals surface area contributed by atoms with Gasteiger partial charge in [-0.3, -0.25) is 0 Å². The Morgan fingerprint density at radius 1 is 1.12 bits per heavy atom. The van der Waals surface area contributed by atoms with Crippen molar-refractivity contribution in [3.63, 3.8) is 0 Å². The Labute approximate surface area is 103 Å². The van der Waals surface area contributed by atoms with Crippen LogP contribution in [0.1, 0.15) is 11.1 Å². The summed E-state index contributed by atoms with van der Waals surface area (Å²) in [7, 11) is 0. The Bertz CT molecular complexity index is 511. The van der Waals surface area contributed by atoms with Crippen LogP contribution in [0.25, 0.3) is 0 Å². The number of hydrogen-bond acceptors (Lipinski definition) is 2. The number of halogens is 1. The molecule has 0 fully saturated rings. The van der Waals surface area contributed by atoms with Gasteiger partial charge in [-0.15, -0.1) is 0 Å². The second kappa shape index (κ2) is 4.66. The van der Waals surface area contributed by atoms with Crippen LogP contribution in [0.5, 0.6) is 11.6 Å². The van der Waals surface area contributed by atoms with E-state index >= 15 is 0 Å². The highest BCUT2D eigenvalue weighted by Crippen LogP contribution is 2.27. The molecule has 0 bridgehead atoms. The van der Waals surface area contributed by atoms with Crippen molar-refractivity contribution in [2.24, 2.45) is 0 Å². The van der Waals surface area contributed by atoms with Crippen molar-refractivity contribution in [3.8, 4) is 11.6 Å². The van der Waals surface area contributed by atoms with Gasteiger partial charge in [-0.1, -0.05) is 22.0 Å². The molecule has 0 saturated heterocycles. The Balaban J connectivity index is 2.30. The minimum Gasteiger partial charge on any atom is -0.439 e. The van der Waals surface area contributed by atoms with Crippen molar-refractivity contribution in [3.05, 3.63) is 52.1 Å². The highest BCUT2D eigenvalue weighted by Gasteiger charge is 2.03. The minimum absolute atomic E-state index is 0.626. The van der Waals surface area contributed by atoms with Crippen LogP contribution in [0.15, 0.2) is 41.0 Å². The number of nitrogens with zero attached hydrogens (tertiary/aromatic N) is 1. The third-order valence-corrected chi connectivity index (χ3v) is 2.75. The summed E-state index contributed by atoms with van der Waals surface area (Å²) in [5.41, 5.74) is 2.23. The first-order valence-corrected chi connectivity index (χ1v) is 5.81. The van der Waals surface area contributed by atoms with Gasteiger partial charge in [-0.05, 0) is 43.2 Å². The van der Waals surface area contributed by atoms with Crippen LogP contribution in [0.4, 0.5) is 0 Å². The van der Waals surface area contributed by atoms with E-state index in [1.807, 2.05) is 44.2 Å². The zero-order valence-corrected chi connectivity index (χ0v) is 10.8. The minimum atomic E-state index is 0.626. The number of aryl methyl sites for hydroxylation is 2. The van der Waals surface area contributed by atoms with E-state index in [4.69, 9.17) is 4.74 Å². The third-order valence-electron chi connectivity index (χ3n) is 2.26. The van der Waals surface area contributed by atoms with E-state index in [1.165, 1.54) is 0 Å². The van der Waals surface area contributed by atoms with Crippen molar-refractivity contribution in [2.45, 2.75) is 13.8 Å². The summed E-state index contributed by atoms with van der Waals surface area (Å²) in [6.07, 6.45) is 1.75. The van der Waals surface area contributed by atoms with Gasteiger partial charge in [0.05, 0.1) is 0 Å². The van der Waals surface area contributed by atoms with Crippen LogP contribution in [0.3, 0.4) is 0 Å². The van der Waals surface area contributed by atoms with Gasteiger partial charge in [0, 0.05) is 16.7 Å². The van der Waals surface area contributed by atoms with Crippen molar-refractivity contribution < 1.29 is 4.74 Å². The van der Waals surface area contributed by atoms with Crippen molar-refractivity contribution in [1.29, 1.82) is 0 Å². The predicted molar refractivity (Wildman–Crippen MR) is 67.9 cm³/mol. The molecule has 1 heterocycles. The van der Waals surface area contributed by atoms with E-state index in [0.29, 0.717) is 5.88 Å². The largest absolute Gasteiger partial charge is 0.439 e. The van der Waals surface area contributed by atoms with Gasteiger partial charge in [0.25, 0.3) is 0 Å². The standard InChI is InChI=1S/C13H12BrNO/c1-9-5-6-15-13(7-9)16-12-8-11(14)4-3-10(12)2/h3-8H,1-2H3. The van der Waals surface area contributed by atoms with Crippen LogP contribution in [-0.2, 0) is 0 Å². The van der Waals surface area contributed by atoms with Gasteiger partial charge < -0.3 is 4.74 Å². The maximum absolute atomic E-state index is 5.73. The molecule has 0 spiro atoms. The molecule has 0 aliphatic rings. The normalized spacial score (nSPS) is 10.2. The molecule has 0 radical (unpaired) electrons. The van der Waals surface area contributed by atoms with Gasteiger partial charge in [0.15, 0.2) is 0 Å². The second-order valence-electron chi connectivity index (χ2n) is 3.68. The maximum atomic E-state index is 5.73. The zero-order chi connectivity index (χ0) is 11.5. The van der Waals surface area contributed by atoms with Gasteiger partial charge in [-0.25, -0.2) is 4.98 Å². The Hall–Kier alpha value is -1.35. The summed E-state index contributed by atoms with van der Waals surface area (Å²) in [5.74, 6) is 1.45. The lowest BCUT2D eigenvalue weighted by Crippen LogP contribution is -1.90. The summed E-state index contributed by atoms with van der Waals surface area (Å²) in [4.78, 5) is 4.17. The number of rotatable bonds is 2. The van der Waals surface area contributed by atoms with E-state index in [2.05, 4.69) is 20.9 Å². The topological polar surface area (TPSA) is 22.1 Å². The van der Waals surface area contributed by atoms with Crippen LogP contribution < -0.4 is 4.74 Å². The number of benzene rings is 1. The molecule has 2 aromatic rings. The molecule has 0 aliphatic carbocycles. The monoisotopic (exact) mass is 277 g/mol. The Morgan fingerprint density at radius 2 is 1.94 bits per heavy atom. The van der Waals surface area contributed by atoms with E-state index < -0.39 is 0 Å². The lowest BCUT2D eigenvalue weighted by atomic mass is 10.2. The Kier molecular flexibility index (Phi) is 3.25. The molecule has 1 aromatic carbocycles. The van der Waals surface area contributed by atoms with E-state index in [-0.39, 0.29) is 0 Å². The zero-order valence-electron chi connectivity index (χ0n) is 9.20. The third kappa shape index (κ3) is 2.61. The molecular formula is C13H12BrNO. The SMILES string of the molecule is Cc1ccnc(Oc2cc(Br)ccc2C)c1. The summed E-state index contributed by atoms with van der Waals surface area (Å²) in [6.45, 7) is 4.03. The highest BCUT2D eigenvalue weighted by molar-refractivity contribution is 9.10. The molecule has 2 nitrogen and oxygen atoms in total. The fourth-order valence-corrected chi connectivity index (χ4v) is 1.70. The van der Waals surface area contributed by atoms with Crippen LogP contribution in [-0.4, -0.2) is 4.98 Å². The fraction of sp³-hybridized carbons (Fsp3) is 0.154. The van der Waals surface area contributed by atoms with Crippen molar-refractivity contribution >= 4 is 15.9 Å². The Morgan fingerprint density at radius 3 is 2.69 bits per heavy atom. The van der Waals surface area contributed by atoms with Crippen LogP contribution in [0, 0.1) is 13.8 Å². The van der Waals surface area contributed by atoms with Crippen LogP contribution in [0.2, 0.25) is 0 Å². The molecule has 1 aromatic heterocycles. The average molecular weight is 278 g/mol. The maximum Gasteiger partial charge on any atom is 0.219 e. The van der Waals surface area contributed by atoms with Crippen molar-refractivity contribution in [1.82, 2.24) is 4.98 Å². The number of ether oxygens (including phenoxy) is 1. The predicted octanol–water partition coefficient (Wildman–Crippen LogP) is 4.25. The molecule has 0 N–H and O–H groups in total. The van der Waals surface area contributed by atoms with Gasteiger partial charge in [0.2, 0.25) is 5.88 Å².